The molecule has 8 nitrogen and oxygen atoms in total. The van der Waals surface area contributed by atoms with Crippen molar-refractivity contribution < 1.29 is 22.7 Å². The predicted octanol–water partition coefficient (Wildman–Crippen LogP) is 1.05. The number of pyridine rings is 1. The monoisotopic (exact) mass is 393 g/mol. The third-order valence-electron chi connectivity index (χ3n) is 3.67. The van der Waals surface area contributed by atoms with Crippen LogP contribution in [0, 0.1) is 0 Å². The van der Waals surface area contributed by atoms with Crippen LogP contribution in [0.2, 0.25) is 0 Å². The van der Waals surface area contributed by atoms with Gasteiger partial charge in [0.25, 0.3) is 0 Å². The molecule has 0 spiro atoms. The molecule has 0 unspecified atom stereocenters. The van der Waals surface area contributed by atoms with Crippen LogP contribution in [-0.2, 0) is 21.4 Å². The molecule has 0 aliphatic rings. The summed E-state index contributed by atoms with van der Waals surface area (Å²) in [5.74, 6) is 0.893. The Morgan fingerprint density at radius 3 is 2.48 bits per heavy atom. The van der Waals surface area contributed by atoms with E-state index in [2.05, 4.69) is 10.3 Å². The molecule has 1 N–H and O–H groups in total. The summed E-state index contributed by atoms with van der Waals surface area (Å²) in [7, 11) is -1.98. The van der Waals surface area contributed by atoms with Gasteiger partial charge in [-0.15, -0.1) is 0 Å². The van der Waals surface area contributed by atoms with Crippen molar-refractivity contribution in [2.24, 2.45) is 0 Å². The van der Waals surface area contributed by atoms with Crippen LogP contribution in [0.5, 0.6) is 11.5 Å². The molecule has 0 radical (unpaired) electrons. The molecule has 146 valence electrons. The number of carbonyl (C=O) groups is 1. The van der Waals surface area contributed by atoms with Crippen LogP contribution >= 0.6 is 0 Å². The number of carbonyl (C=O) groups excluding carboxylic acids is 1. The number of rotatable bonds is 10. The molecule has 2 rings (SSSR count). The van der Waals surface area contributed by atoms with Crippen LogP contribution < -0.4 is 14.8 Å². The van der Waals surface area contributed by atoms with Crippen LogP contribution in [0.4, 0.5) is 0 Å². The fraction of sp³-hybridized carbons (Fsp3) is 0.333. The average Bonchev–Trinajstić information content (AvgIpc) is 2.66. The van der Waals surface area contributed by atoms with Crippen molar-refractivity contribution in [3.8, 4) is 11.5 Å². The van der Waals surface area contributed by atoms with Crippen molar-refractivity contribution in [3.05, 3.63) is 54.4 Å². The Balaban J connectivity index is 1.84. The lowest BCUT2D eigenvalue weighted by atomic mass is 10.3. The van der Waals surface area contributed by atoms with Crippen molar-refractivity contribution in [2.75, 3.05) is 33.1 Å². The van der Waals surface area contributed by atoms with Crippen LogP contribution in [-0.4, -0.2) is 56.7 Å². The smallest absolute Gasteiger partial charge is 0.235 e. The molecular formula is C18H23N3O5S. The number of sulfonamides is 1. The molecule has 0 aliphatic carbocycles. The highest BCUT2D eigenvalue weighted by molar-refractivity contribution is 7.88. The van der Waals surface area contributed by atoms with Crippen molar-refractivity contribution >= 4 is 15.9 Å². The SMILES string of the molecule is COc1ccc(OCCN(CC(=O)NCc2cccnc2)S(C)(=O)=O)cc1. The van der Waals surface area contributed by atoms with Crippen LogP contribution in [0.15, 0.2) is 48.8 Å². The summed E-state index contributed by atoms with van der Waals surface area (Å²) in [4.78, 5) is 16.0. The maximum Gasteiger partial charge on any atom is 0.235 e. The highest BCUT2D eigenvalue weighted by Gasteiger charge is 2.20. The minimum Gasteiger partial charge on any atom is -0.497 e. The summed E-state index contributed by atoms with van der Waals surface area (Å²) in [6.45, 7) is 0.193. The quantitative estimate of drug-likeness (QED) is 0.648. The van der Waals surface area contributed by atoms with Crippen LogP contribution in [0.25, 0.3) is 0 Å². The molecule has 0 saturated carbocycles. The van der Waals surface area contributed by atoms with Gasteiger partial charge < -0.3 is 14.8 Å². The highest BCUT2D eigenvalue weighted by Crippen LogP contribution is 2.17. The summed E-state index contributed by atoms with van der Waals surface area (Å²) in [6.07, 6.45) is 4.34. The Labute approximate surface area is 159 Å². The molecule has 0 fully saturated rings. The summed E-state index contributed by atoms with van der Waals surface area (Å²) in [5, 5.41) is 2.68. The van der Waals surface area contributed by atoms with Gasteiger partial charge in [-0.1, -0.05) is 6.07 Å². The molecule has 0 atom stereocenters. The second kappa shape index (κ2) is 9.89. The Bertz CT molecular complexity index is 826. The van der Waals surface area contributed by atoms with Gasteiger partial charge in [-0.25, -0.2) is 8.42 Å². The van der Waals surface area contributed by atoms with E-state index in [1.54, 1.807) is 49.8 Å². The summed E-state index contributed by atoms with van der Waals surface area (Å²) >= 11 is 0. The highest BCUT2D eigenvalue weighted by atomic mass is 32.2. The van der Waals surface area contributed by atoms with Crippen LogP contribution in [0.3, 0.4) is 0 Å². The van der Waals surface area contributed by atoms with Gasteiger partial charge in [-0.05, 0) is 35.9 Å². The second-order valence-corrected chi connectivity index (χ2v) is 7.74. The van der Waals surface area contributed by atoms with Gasteiger partial charge in [-0.3, -0.25) is 9.78 Å². The minimum atomic E-state index is -3.55. The maximum absolute atomic E-state index is 12.1. The molecular weight excluding hydrogens is 370 g/mol. The largest absolute Gasteiger partial charge is 0.497 e. The van der Waals surface area contributed by atoms with Gasteiger partial charge in [0.15, 0.2) is 0 Å². The van der Waals surface area contributed by atoms with Gasteiger partial charge in [-0.2, -0.15) is 4.31 Å². The summed E-state index contributed by atoms with van der Waals surface area (Å²) in [5.41, 5.74) is 0.833. The molecule has 27 heavy (non-hydrogen) atoms. The first-order valence-electron chi connectivity index (χ1n) is 8.26. The Kier molecular flexibility index (Phi) is 7.56. The number of hydrogen-bond donors (Lipinski definition) is 1. The standard InChI is InChI=1S/C18H23N3O5S/c1-25-16-5-7-17(8-6-16)26-11-10-21(27(2,23)24)14-18(22)20-13-15-4-3-9-19-12-15/h3-9,12H,10-11,13-14H2,1-2H3,(H,20,22). The fourth-order valence-corrected chi connectivity index (χ4v) is 2.98. The van der Waals surface area contributed by atoms with E-state index >= 15 is 0 Å². The summed E-state index contributed by atoms with van der Waals surface area (Å²) in [6, 6.07) is 10.5. The van der Waals surface area contributed by atoms with E-state index in [0.29, 0.717) is 11.5 Å². The molecule has 1 aromatic heterocycles. The number of nitrogens with one attached hydrogen (secondary N) is 1. The van der Waals surface area contributed by atoms with Crippen molar-refractivity contribution in [1.29, 1.82) is 0 Å². The first kappa shape index (κ1) is 20.7. The number of methoxy groups -OCH3 is 1. The van der Waals surface area contributed by atoms with Crippen LogP contribution in [0.1, 0.15) is 5.56 Å². The first-order valence-corrected chi connectivity index (χ1v) is 10.1. The minimum absolute atomic E-state index is 0.0607. The van der Waals surface area contributed by atoms with E-state index in [-0.39, 0.29) is 26.2 Å². The van der Waals surface area contributed by atoms with Gasteiger partial charge in [0, 0.05) is 25.5 Å². The topological polar surface area (TPSA) is 97.8 Å². The van der Waals surface area contributed by atoms with Gasteiger partial charge >= 0.3 is 0 Å². The summed E-state index contributed by atoms with van der Waals surface area (Å²) < 4.78 is 35.5. The van der Waals surface area contributed by atoms with E-state index in [0.717, 1.165) is 16.1 Å². The molecule has 1 amide bonds. The molecule has 1 heterocycles. The zero-order valence-corrected chi connectivity index (χ0v) is 16.1. The van der Waals surface area contributed by atoms with Gasteiger partial charge in [0.1, 0.15) is 18.1 Å². The molecule has 0 aliphatic heterocycles. The third kappa shape index (κ3) is 7.24. The molecule has 9 heteroatoms. The van der Waals surface area contributed by atoms with Gasteiger partial charge in [0.2, 0.25) is 15.9 Å². The van der Waals surface area contributed by atoms with Crippen molar-refractivity contribution in [3.63, 3.8) is 0 Å². The molecule has 0 bridgehead atoms. The number of nitrogens with zero attached hydrogens (tertiary/aromatic N) is 2. The van der Waals surface area contributed by atoms with E-state index in [1.165, 1.54) is 0 Å². The van der Waals surface area contributed by atoms with E-state index < -0.39 is 15.9 Å². The Morgan fingerprint density at radius 2 is 1.89 bits per heavy atom. The number of aromatic nitrogens is 1. The average molecular weight is 393 g/mol. The zero-order valence-electron chi connectivity index (χ0n) is 15.3. The Morgan fingerprint density at radius 1 is 1.19 bits per heavy atom. The molecule has 0 saturated heterocycles. The second-order valence-electron chi connectivity index (χ2n) is 5.76. The van der Waals surface area contributed by atoms with Crippen molar-refractivity contribution in [1.82, 2.24) is 14.6 Å². The van der Waals surface area contributed by atoms with Crippen molar-refractivity contribution in [2.45, 2.75) is 6.54 Å². The lowest BCUT2D eigenvalue weighted by Gasteiger charge is -2.19. The molecule has 1 aromatic carbocycles. The van der Waals surface area contributed by atoms with E-state index in [1.807, 2.05) is 6.07 Å². The number of amides is 1. The Hall–Kier alpha value is -2.65. The van der Waals surface area contributed by atoms with Gasteiger partial charge in [0.05, 0.1) is 19.9 Å². The fourth-order valence-electron chi connectivity index (χ4n) is 2.22. The van der Waals surface area contributed by atoms with E-state index in [9.17, 15) is 13.2 Å². The molecule has 2 aromatic rings. The maximum atomic E-state index is 12.1. The third-order valence-corrected chi connectivity index (χ3v) is 4.92. The number of ether oxygens (including phenoxy) is 2. The lowest BCUT2D eigenvalue weighted by Crippen LogP contribution is -2.41. The lowest BCUT2D eigenvalue weighted by molar-refractivity contribution is -0.121. The first-order chi connectivity index (χ1) is 12.9. The van der Waals surface area contributed by atoms with E-state index in [4.69, 9.17) is 9.47 Å². The number of hydrogen-bond acceptors (Lipinski definition) is 6. The number of benzene rings is 1. The predicted molar refractivity (Wildman–Crippen MR) is 101 cm³/mol. The normalized spacial score (nSPS) is 11.2. The zero-order chi connectivity index (χ0) is 19.7.